The second kappa shape index (κ2) is 11.6. The third kappa shape index (κ3) is 6.18. The fraction of sp³-hybridized carbons (Fsp3) is 0.323. The first-order chi connectivity index (χ1) is 17.0. The van der Waals surface area contributed by atoms with Crippen molar-refractivity contribution >= 4 is 23.4 Å². The first-order valence-corrected chi connectivity index (χ1v) is 13.4. The van der Waals surface area contributed by atoms with Crippen molar-refractivity contribution < 1.29 is 9.53 Å². The number of aryl methyl sites for hydroxylation is 1. The Labute approximate surface area is 213 Å². The molecule has 4 heteroatoms. The molecule has 2 N–H and O–H groups in total. The summed E-state index contributed by atoms with van der Waals surface area (Å²) in [4.78, 5) is 16.1. The maximum atomic E-state index is 13.8. The van der Waals surface area contributed by atoms with Crippen LogP contribution >= 0.6 is 11.8 Å². The van der Waals surface area contributed by atoms with Crippen LogP contribution in [0.4, 0.5) is 5.69 Å². The smallest absolute Gasteiger partial charge is 0.336 e. The molecule has 2 atom stereocenters. The first-order valence-electron chi connectivity index (χ1n) is 12.6. The van der Waals surface area contributed by atoms with E-state index in [0.717, 1.165) is 59.5 Å². The molecule has 0 aliphatic carbocycles. The minimum atomic E-state index is -0.490. The van der Waals surface area contributed by atoms with E-state index in [4.69, 9.17) is 10.5 Å². The number of esters is 1. The molecule has 35 heavy (non-hydrogen) atoms. The lowest BCUT2D eigenvalue weighted by molar-refractivity contribution is -0.159. The lowest BCUT2D eigenvalue weighted by Gasteiger charge is -2.40. The number of rotatable bonds is 10. The van der Waals surface area contributed by atoms with E-state index in [1.807, 2.05) is 42.5 Å². The van der Waals surface area contributed by atoms with Crippen LogP contribution in [-0.4, -0.2) is 11.6 Å². The van der Waals surface area contributed by atoms with Gasteiger partial charge in [-0.15, -0.1) is 0 Å². The van der Waals surface area contributed by atoms with Crippen LogP contribution in [0, 0.1) is 0 Å². The zero-order valence-corrected chi connectivity index (χ0v) is 21.5. The molecule has 1 aliphatic heterocycles. The number of carbonyl (C=O) groups is 1. The van der Waals surface area contributed by atoms with Crippen LogP contribution in [0.25, 0.3) is 0 Å². The molecule has 0 saturated carbocycles. The van der Waals surface area contributed by atoms with Crippen molar-refractivity contribution in [1.29, 1.82) is 0 Å². The fourth-order valence-electron chi connectivity index (χ4n) is 5.11. The minimum absolute atomic E-state index is 0.0500. The van der Waals surface area contributed by atoms with Crippen molar-refractivity contribution in [2.75, 3.05) is 5.73 Å². The van der Waals surface area contributed by atoms with Crippen LogP contribution in [-0.2, 0) is 16.0 Å². The van der Waals surface area contributed by atoms with Gasteiger partial charge in [-0.1, -0.05) is 92.7 Å². The van der Waals surface area contributed by atoms with Crippen LogP contribution in [0.15, 0.2) is 100 Å². The van der Waals surface area contributed by atoms with Gasteiger partial charge in [-0.25, -0.2) is 4.79 Å². The summed E-state index contributed by atoms with van der Waals surface area (Å²) in [5.74, 6) is -0.226. The van der Waals surface area contributed by atoms with Gasteiger partial charge in [0.25, 0.3) is 0 Å². The van der Waals surface area contributed by atoms with Crippen molar-refractivity contribution in [2.24, 2.45) is 0 Å². The highest BCUT2D eigenvalue weighted by atomic mass is 32.2. The van der Waals surface area contributed by atoms with Crippen LogP contribution in [0.5, 0.6) is 0 Å². The summed E-state index contributed by atoms with van der Waals surface area (Å²) in [7, 11) is 0. The molecule has 0 amide bonds. The van der Waals surface area contributed by atoms with E-state index in [2.05, 4.69) is 56.3 Å². The van der Waals surface area contributed by atoms with Gasteiger partial charge >= 0.3 is 5.97 Å². The summed E-state index contributed by atoms with van der Waals surface area (Å²) >= 11 is 1.72. The van der Waals surface area contributed by atoms with E-state index in [9.17, 15) is 4.79 Å². The molecule has 0 radical (unpaired) electrons. The number of cyclic esters (lactones) is 1. The molecule has 0 saturated heterocycles. The van der Waals surface area contributed by atoms with Gasteiger partial charge in [-0.3, -0.25) is 0 Å². The average molecular weight is 486 g/mol. The Balaban J connectivity index is 1.74. The van der Waals surface area contributed by atoms with Gasteiger partial charge in [0.05, 0.1) is 5.57 Å². The number of carbonyl (C=O) groups excluding carboxylic acids is 1. The van der Waals surface area contributed by atoms with E-state index in [1.54, 1.807) is 11.8 Å². The molecule has 1 heterocycles. The molecule has 3 aromatic carbocycles. The molecule has 0 unspecified atom stereocenters. The molecule has 0 aromatic heterocycles. The standard InChI is InChI=1S/C31H35NO2S/c1-3-19-31(20-18-23-12-7-5-8-13-23)22-28(35-26-16-9-6-10-17-26)29(30(33)34-31)27(4-2)24-14-11-15-25(32)21-24/h5-17,21,27H,3-4,18-20,22,32H2,1-2H3/t27-,31+/m1/s1. The van der Waals surface area contributed by atoms with Gasteiger partial charge in [0.1, 0.15) is 5.60 Å². The average Bonchev–Trinajstić information content (AvgIpc) is 2.86. The van der Waals surface area contributed by atoms with Gasteiger partial charge in [0.15, 0.2) is 0 Å². The quantitative estimate of drug-likeness (QED) is 0.234. The van der Waals surface area contributed by atoms with Crippen molar-refractivity contribution in [2.45, 2.75) is 68.8 Å². The molecule has 0 fully saturated rings. The Bertz CT molecular complexity index is 1160. The van der Waals surface area contributed by atoms with Crippen LogP contribution < -0.4 is 5.73 Å². The van der Waals surface area contributed by atoms with E-state index < -0.39 is 5.60 Å². The maximum absolute atomic E-state index is 13.8. The van der Waals surface area contributed by atoms with Gasteiger partial charge < -0.3 is 10.5 Å². The molecule has 3 nitrogen and oxygen atoms in total. The molecular weight excluding hydrogens is 450 g/mol. The molecule has 0 bridgehead atoms. The van der Waals surface area contributed by atoms with Crippen LogP contribution in [0.3, 0.4) is 0 Å². The number of ether oxygens (including phenoxy) is 1. The zero-order valence-electron chi connectivity index (χ0n) is 20.7. The van der Waals surface area contributed by atoms with Gasteiger partial charge in [0.2, 0.25) is 0 Å². The monoisotopic (exact) mass is 485 g/mol. The van der Waals surface area contributed by atoms with Crippen LogP contribution in [0.1, 0.15) is 63.0 Å². The second-order valence-corrected chi connectivity index (χ2v) is 10.5. The van der Waals surface area contributed by atoms with Crippen molar-refractivity contribution in [1.82, 2.24) is 0 Å². The number of nitrogen functional groups attached to an aromatic ring is 1. The maximum Gasteiger partial charge on any atom is 0.336 e. The molecule has 4 rings (SSSR count). The predicted octanol–water partition coefficient (Wildman–Crippen LogP) is 7.93. The zero-order chi connectivity index (χ0) is 24.7. The number of anilines is 1. The lowest BCUT2D eigenvalue weighted by atomic mass is 9.80. The Morgan fingerprint density at radius 2 is 1.66 bits per heavy atom. The predicted molar refractivity (Wildman–Crippen MR) is 146 cm³/mol. The van der Waals surface area contributed by atoms with Gasteiger partial charge in [0, 0.05) is 27.8 Å². The minimum Gasteiger partial charge on any atom is -0.455 e. The van der Waals surface area contributed by atoms with Gasteiger partial charge in [-0.2, -0.15) is 0 Å². The SMILES string of the molecule is CCC[C@]1(CCc2ccccc2)CC(Sc2ccccc2)=C([C@H](CC)c2cccc(N)c2)C(=O)O1. The summed E-state index contributed by atoms with van der Waals surface area (Å²) in [6.07, 6.45) is 5.07. The molecule has 1 aliphatic rings. The summed E-state index contributed by atoms with van der Waals surface area (Å²) in [5, 5.41) is 0. The topological polar surface area (TPSA) is 52.3 Å². The number of nitrogens with two attached hydrogens (primary N) is 1. The summed E-state index contributed by atoms with van der Waals surface area (Å²) in [6.45, 7) is 4.30. The van der Waals surface area contributed by atoms with E-state index >= 15 is 0 Å². The summed E-state index contributed by atoms with van der Waals surface area (Å²) < 4.78 is 6.41. The highest BCUT2D eigenvalue weighted by Crippen LogP contribution is 2.48. The number of hydrogen-bond acceptors (Lipinski definition) is 4. The first kappa shape index (κ1) is 25.1. The van der Waals surface area contributed by atoms with Crippen molar-refractivity contribution in [3.8, 4) is 0 Å². The largest absolute Gasteiger partial charge is 0.455 e. The Morgan fingerprint density at radius 1 is 0.943 bits per heavy atom. The summed E-state index contributed by atoms with van der Waals surface area (Å²) in [6, 6.07) is 28.7. The third-order valence-corrected chi connectivity index (χ3v) is 7.90. The third-order valence-electron chi connectivity index (χ3n) is 6.78. The summed E-state index contributed by atoms with van der Waals surface area (Å²) in [5.41, 5.74) is 9.47. The van der Waals surface area contributed by atoms with E-state index in [0.29, 0.717) is 5.69 Å². The van der Waals surface area contributed by atoms with Crippen molar-refractivity contribution in [3.05, 3.63) is 107 Å². The Morgan fingerprint density at radius 3 is 2.31 bits per heavy atom. The molecule has 3 aromatic rings. The van der Waals surface area contributed by atoms with Gasteiger partial charge in [-0.05, 0) is 61.1 Å². The van der Waals surface area contributed by atoms with E-state index in [-0.39, 0.29) is 11.9 Å². The Hall–Kier alpha value is -2.98. The number of thioether (sulfide) groups is 1. The molecule has 182 valence electrons. The number of benzene rings is 3. The molecule has 0 spiro atoms. The lowest BCUT2D eigenvalue weighted by Crippen LogP contribution is -2.41. The highest BCUT2D eigenvalue weighted by molar-refractivity contribution is 8.03. The van der Waals surface area contributed by atoms with Crippen molar-refractivity contribution in [3.63, 3.8) is 0 Å². The Kier molecular flexibility index (Phi) is 8.35. The second-order valence-electron chi connectivity index (χ2n) is 9.37. The van der Waals surface area contributed by atoms with Crippen LogP contribution in [0.2, 0.25) is 0 Å². The number of hydrogen-bond donors (Lipinski definition) is 1. The normalized spacial score (nSPS) is 18.9. The fourth-order valence-corrected chi connectivity index (χ4v) is 6.35. The van der Waals surface area contributed by atoms with E-state index in [1.165, 1.54) is 5.56 Å². The highest BCUT2D eigenvalue weighted by Gasteiger charge is 2.43. The molecular formula is C31H35NO2S.